The normalized spacial score (nSPS) is 23.0. The summed E-state index contributed by atoms with van der Waals surface area (Å²) in [5.41, 5.74) is 8.41. The standard InChI is InChI=1S/C21H23N3S/c1-13-4-5-18-16(8-13)17-10-23(3)11-20-21(17)24(18)12-19(25-20)15-6-7-22-14(2)9-15/h4-9,19-20H,10-12H2,1-3H3. The van der Waals surface area contributed by atoms with Crippen molar-refractivity contribution in [3.05, 3.63) is 64.6 Å². The van der Waals surface area contributed by atoms with E-state index in [9.17, 15) is 0 Å². The van der Waals surface area contributed by atoms with E-state index in [-0.39, 0.29) is 0 Å². The summed E-state index contributed by atoms with van der Waals surface area (Å²) in [7, 11) is 2.25. The van der Waals surface area contributed by atoms with Crippen LogP contribution in [0.1, 0.15) is 38.6 Å². The molecule has 0 saturated heterocycles. The van der Waals surface area contributed by atoms with Crippen molar-refractivity contribution in [2.45, 2.75) is 37.4 Å². The molecule has 4 heterocycles. The van der Waals surface area contributed by atoms with E-state index in [0.717, 1.165) is 25.3 Å². The predicted molar refractivity (Wildman–Crippen MR) is 105 cm³/mol. The summed E-state index contributed by atoms with van der Waals surface area (Å²) in [5, 5.41) is 2.50. The molecule has 4 heteroatoms. The lowest BCUT2D eigenvalue weighted by atomic mass is 10.0. The van der Waals surface area contributed by atoms with Gasteiger partial charge in [-0.15, -0.1) is 11.8 Å². The van der Waals surface area contributed by atoms with E-state index in [1.807, 2.05) is 6.20 Å². The van der Waals surface area contributed by atoms with Crippen LogP contribution in [0.4, 0.5) is 0 Å². The Kier molecular flexibility index (Phi) is 3.47. The van der Waals surface area contributed by atoms with Gasteiger partial charge in [-0.2, -0.15) is 0 Å². The molecule has 0 fully saturated rings. The molecule has 128 valence electrons. The second-order valence-electron chi connectivity index (χ2n) is 7.54. The number of rotatable bonds is 1. The molecule has 0 N–H and O–H groups in total. The fourth-order valence-electron chi connectivity index (χ4n) is 4.46. The SMILES string of the molecule is Cc1ccc2c(c1)c1c3n2CC(c2ccnc(C)c2)SC3CN(C)C1. The van der Waals surface area contributed by atoms with Gasteiger partial charge in [-0.05, 0) is 56.3 Å². The molecule has 2 aromatic heterocycles. The summed E-state index contributed by atoms with van der Waals surface area (Å²) in [6.45, 7) is 7.54. The van der Waals surface area contributed by atoms with Crippen LogP contribution in [0.2, 0.25) is 0 Å². The third-order valence-corrected chi connectivity index (χ3v) is 7.00. The topological polar surface area (TPSA) is 21.1 Å². The zero-order chi connectivity index (χ0) is 17.1. The molecule has 0 aliphatic carbocycles. The van der Waals surface area contributed by atoms with Crippen LogP contribution in [-0.4, -0.2) is 28.0 Å². The molecule has 3 aromatic rings. The Hall–Kier alpha value is -1.78. The summed E-state index contributed by atoms with van der Waals surface area (Å²) < 4.78 is 2.61. The van der Waals surface area contributed by atoms with Crippen LogP contribution in [0.5, 0.6) is 0 Å². The Morgan fingerprint density at radius 2 is 1.96 bits per heavy atom. The van der Waals surface area contributed by atoms with E-state index >= 15 is 0 Å². The highest BCUT2D eigenvalue weighted by atomic mass is 32.2. The van der Waals surface area contributed by atoms with Crippen LogP contribution in [-0.2, 0) is 13.1 Å². The van der Waals surface area contributed by atoms with Crippen LogP contribution < -0.4 is 0 Å². The smallest absolute Gasteiger partial charge is 0.0587 e. The van der Waals surface area contributed by atoms with Gasteiger partial charge in [0.05, 0.1) is 5.25 Å². The van der Waals surface area contributed by atoms with E-state index in [1.54, 1.807) is 11.3 Å². The lowest BCUT2D eigenvalue weighted by Crippen LogP contribution is -2.33. The van der Waals surface area contributed by atoms with Crippen LogP contribution in [0.25, 0.3) is 10.9 Å². The molecular weight excluding hydrogens is 326 g/mol. The number of aryl methyl sites for hydroxylation is 2. The van der Waals surface area contributed by atoms with Gasteiger partial charge in [-0.25, -0.2) is 0 Å². The van der Waals surface area contributed by atoms with E-state index in [0.29, 0.717) is 10.5 Å². The molecule has 0 spiro atoms. The lowest BCUT2D eigenvalue weighted by molar-refractivity contribution is 0.303. The van der Waals surface area contributed by atoms with Crippen molar-refractivity contribution < 1.29 is 0 Å². The fourth-order valence-corrected chi connectivity index (χ4v) is 6.13. The maximum absolute atomic E-state index is 4.38. The van der Waals surface area contributed by atoms with Crippen LogP contribution in [0.15, 0.2) is 36.5 Å². The summed E-state index contributed by atoms with van der Waals surface area (Å²) in [4.78, 5) is 6.86. The molecule has 0 amide bonds. The number of hydrogen-bond acceptors (Lipinski definition) is 3. The van der Waals surface area contributed by atoms with E-state index in [4.69, 9.17) is 0 Å². The van der Waals surface area contributed by atoms with Crippen molar-refractivity contribution in [2.24, 2.45) is 0 Å². The molecule has 3 nitrogen and oxygen atoms in total. The second kappa shape index (κ2) is 5.61. The molecule has 2 aliphatic rings. The molecule has 1 aromatic carbocycles. The highest BCUT2D eigenvalue weighted by Gasteiger charge is 2.36. The first-order valence-electron chi connectivity index (χ1n) is 8.98. The monoisotopic (exact) mass is 349 g/mol. The Morgan fingerprint density at radius 3 is 2.80 bits per heavy atom. The Bertz CT molecular complexity index is 975. The minimum Gasteiger partial charge on any atom is -0.342 e. The zero-order valence-electron chi connectivity index (χ0n) is 15.0. The number of likely N-dealkylation sites (N-methyl/N-ethyl adjacent to an activating group) is 1. The first kappa shape index (κ1) is 15.5. The van der Waals surface area contributed by atoms with Gasteiger partial charge in [-0.3, -0.25) is 4.98 Å². The van der Waals surface area contributed by atoms with Crippen molar-refractivity contribution in [3.8, 4) is 0 Å². The van der Waals surface area contributed by atoms with Gasteiger partial charge in [0, 0.05) is 53.4 Å². The quantitative estimate of drug-likeness (QED) is 0.639. The third-order valence-electron chi connectivity index (χ3n) is 5.55. The Balaban J connectivity index is 1.69. The van der Waals surface area contributed by atoms with Gasteiger partial charge in [0.25, 0.3) is 0 Å². The molecule has 2 atom stereocenters. The predicted octanol–water partition coefficient (Wildman–Crippen LogP) is 4.63. The number of benzene rings is 1. The second-order valence-corrected chi connectivity index (χ2v) is 8.95. The highest BCUT2D eigenvalue weighted by molar-refractivity contribution is 7.99. The van der Waals surface area contributed by atoms with Crippen molar-refractivity contribution in [1.29, 1.82) is 0 Å². The minimum absolute atomic E-state index is 0.496. The van der Waals surface area contributed by atoms with E-state index in [1.165, 1.54) is 22.0 Å². The molecule has 5 rings (SSSR count). The molecule has 0 saturated carbocycles. The molecular formula is C21H23N3S. The number of aromatic nitrogens is 2. The maximum Gasteiger partial charge on any atom is 0.0587 e. The number of nitrogens with zero attached hydrogens (tertiary/aromatic N) is 3. The lowest BCUT2D eigenvalue weighted by Gasteiger charge is -2.38. The van der Waals surface area contributed by atoms with Gasteiger partial charge in [0.2, 0.25) is 0 Å². The van der Waals surface area contributed by atoms with Crippen molar-refractivity contribution in [3.63, 3.8) is 0 Å². The molecule has 0 radical (unpaired) electrons. The first-order valence-corrected chi connectivity index (χ1v) is 9.92. The van der Waals surface area contributed by atoms with Crippen LogP contribution in [0, 0.1) is 13.8 Å². The number of thioether (sulfide) groups is 1. The van der Waals surface area contributed by atoms with Gasteiger partial charge >= 0.3 is 0 Å². The van der Waals surface area contributed by atoms with Gasteiger partial charge < -0.3 is 9.47 Å². The minimum atomic E-state index is 0.496. The highest BCUT2D eigenvalue weighted by Crippen LogP contribution is 2.51. The first-order chi connectivity index (χ1) is 12.1. The molecule has 2 aliphatic heterocycles. The fraction of sp³-hybridized carbons (Fsp3) is 0.381. The van der Waals surface area contributed by atoms with Crippen molar-refractivity contribution in [1.82, 2.24) is 14.5 Å². The molecule has 25 heavy (non-hydrogen) atoms. The summed E-state index contributed by atoms with van der Waals surface area (Å²) in [5.74, 6) is 0. The van der Waals surface area contributed by atoms with E-state index < -0.39 is 0 Å². The maximum atomic E-state index is 4.38. The Labute approximate surface area is 153 Å². The number of pyridine rings is 1. The number of fused-ring (bicyclic) bond motifs is 3. The number of hydrogen-bond donors (Lipinski definition) is 0. The summed E-state index contributed by atoms with van der Waals surface area (Å²) >= 11 is 2.13. The van der Waals surface area contributed by atoms with Gasteiger partial charge in [-0.1, -0.05) is 11.6 Å². The average Bonchev–Trinajstić information content (AvgIpc) is 2.89. The van der Waals surface area contributed by atoms with E-state index in [2.05, 4.69) is 77.4 Å². The third kappa shape index (κ3) is 2.42. The largest absolute Gasteiger partial charge is 0.342 e. The average molecular weight is 350 g/mol. The van der Waals surface area contributed by atoms with Crippen molar-refractivity contribution in [2.75, 3.05) is 13.6 Å². The van der Waals surface area contributed by atoms with Gasteiger partial charge in [0.1, 0.15) is 0 Å². The van der Waals surface area contributed by atoms with Gasteiger partial charge in [0.15, 0.2) is 0 Å². The Morgan fingerprint density at radius 1 is 1.08 bits per heavy atom. The summed E-state index contributed by atoms with van der Waals surface area (Å²) in [6.07, 6.45) is 1.95. The zero-order valence-corrected chi connectivity index (χ0v) is 15.8. The van der Waals surface area contributed by atoms with Crippen molar-refractivity contribution >= 4 is 22.7 Å². The summed E-state index contributed by atoms with van der Waals surface area (Å²) in [6, 6.07) is 11.4. The van der Waals surface area contributed by atoms with Crippen LogP contribution in [0.3, 0.4) is 0 Å². The van der Waals surface area contributed by atoms with Crippen LogP contribution >= 0.6 is 11.8 Å². The molecule has 2 unspecified atom stereocenters. The molecule has 0 bridgehead atoms.